The number of nitrogens with one attached hydrogen (secondary N) is 1. The lowest BCUT2D eigenvalue weighted by atomic mass is 10.0. The van der Waals surface area contributed by atoms with Gasteiger partial charge in [-0.25, -0.2) is 4.98 Å². The molecule has 6 heteroatoms. The molecule has 4 rings (SSSR count). The molecule has 1 aromatic heterocycles. The van der Waals surface area contributed by atoms with Crippen molar-refractivity contribution in [2.24, 2.45) is 0 Å². The highest BCUT2D eigenvalue weighted by Gasteiger charge is 2.14. The van der Waals surface area contributed by atoms with E-state index in [2.05, 4.69) is 22.4 Å². The minimum absolute atomic E-state index is 0.00696. The second-order valence-corrected chi connectivity index (χ2v) is 8.10. The molecule has 0 saturated carbocycles. The van der Waals surface area contributed by atoms with Gasteiger partial charge in [-0.3, -0.25) is 9.59 Å². The molecule has 0 saturated heterocycles. The average molecular weight is 456 g/mol. The number of ether oxygens (including phenoxy) is 1. The molecule has 0 unspecified atom stereocenters. The molecular weight excluding hydrogens is 426 g/mol. The van der Waals surface area contributed by atoms with Crippen molar-refractivity contribution < 1.29 is 14.3 Å². The number of imidazole rings is 1. The monoisotopic (exact) mass is 455 g/mol. The van der Waals surface area contributed by atoms with E-state index in [1.54, 1.807) is 6.92 Å². The maximum Gasteiger partial charge on any atom is 0.326 e. The van der Waals surface area contributed by atoms with Crippen LogP contribution in [0.4, 0.5) is 0 Å². The van der Waals surface area contributed by atoms with E-state index >= 15 is 0 Å². The van der Waals surface area contributed by atoms with Crippen LogP contribution in [-0.4, -0.2) is 34.6 Å². The molecule has 0 fully saturated rings. The average Bonchev–Trinajstić information content (AvgIpc) is 3.20. The van der Waals surface area contributed by atoms with Gasteiger partial charge in [-0.2, -0.15) is 0 Å². The van der Waals surface area contributed by atoms with Crippen LogP contribution in [0.2, 0.25) is 0 Å². The van der Waals surface area contributed by atoms with Crippen LogP contribution in [0.3, 0.4) is 0 Å². The quantitative estimate of drug-likeness (QED) is 0.281. The summed E-state index contributed by atoms with van der Waals surface area (Å²) >= 11 is 0. The van der Waals surface area contributed by atoms with Gasteiger partial charge < -0.3 is 14.6 Å². The number of hydrogen-bond donors (Lipinski definition) is 1. The third-order valence-corrected chi connectivity index (χ3v) is 5.65. The molecule has 3 aromatic carbocycles. The molecule has 34 heavy (non-hydrogen) atoms. The Morgan fingerprint density at radius 2 is 1.62 bits per heavy atom. The van der Waals surface area contributed by atoms with Crippen LogP contribution in [0.15, 0.2) is 78.9 Å². The van der Waals surface area contributed by atoms with Gasteiger partial charge in [-0.1, -0.05) is 66.7 Å². The predicted molar refractivity (Wildman–Crippen MR) is 133 cm³/mol. The minimum Gasteiger partial charge on any atom is -0.465 e. The highest BCUT2D eigenvalue weighted by Crippen LogP contribution is 2.20. The molecule has 0 aliphatic rings. The van der Waals surface area contributed by atoms with Crippen LogP contribution in [0.5, 0.6) is 0 Å². The standard InChI is InChI=1S/C28H29N3O3/c1-2-34-28(33)20-31-25-12-7-6-11-24(25)30-26(31)13-8-18-29-27(32)19-21-14-16-23(17-15-21)22-9-4-3-5-10-22/h3-7,9-12,14-17H,2,8,13,18-20H2,1H3,(H,29,32). The predicted octanol–water partition coefficient (Wildman–Crippen LogP) is 4.56. The first-order valence-electron chi connectivity index (χ1n) is 11.6. The van der Waals surface area contributed by atoms with Gasteiger partial charge in [0.15, 0.2) is 0 Å². The van der Waals surface area contributed by atoms with E-state index in [-0.39, 0.29) is 18.4 Å². The summed E-state index contributed by atoms with van der Waals surface area (Å²) in [6.45, 7) is 2.82. The summed E-state index contributed by atoms with van der Waals surface area (Å²) in [5, 5.41) is 2.99. The van der Waals surface area contributed by atoms with Crippen LogP contribution in [-0.2, 0) is 33.7 Å². The first-order chi connectivity index (χ1) is 16.6. The molecule has 1 heterocycles. The van der Waals surface area contributed by atoms with Gasteiger partial charge in [0.25, 0.3) is 0 Å². The first-order valence-corrected chi connectivity index (χ1v) is 11.6. The SMILES string of the molecule is CCOC(=O)Cn1c(CCCNC(=O)Cc2ccc(-c3ccccc3)cc2)nc2ccccc21. The number of hydrogen-bond acceptors (Lipinski definition) is 4. The smallest absolute Gasteiger partial charge is 0.326 e. The second kappa shape index (κ2) is 11.3. The van der Waals surface area contributed by atoms with Crippen molar-refractivity contribution in [2.75, 3.05) is 13.2 Å². The lowest BCUT2D eigenvalue weighted by molar-refractivity contribution is -0.143. The summed E-state index contributed by atoms with van der Waals surface area (Å²) in [4.78, 5) is 29.2. The molecule has 174 valence electrons. The highest BCUT2D eigenvalue weighted by atomic mass is 16.5. The Morgan fingerprint density at radius 1 is 0.912 bits per heavy atom. The molecule has 0 bridgehead atoms. The Labute approximate surface area is 199 Å². The number of nitrogens with zero attached hydrogens (tertiary/aromatic N) is 2. The number of aromatic nitrogens is 2. The summed E-state index contributed by atoms with van der Waals surface area (Å²) in [7, 11) is 0. The Hall–Kier alpha value is -3.93. The Balaban J connectivity index is 1.29. The van der Waals surface area contributed by atoms with Crippen LogP contribution in [0, 0.1) is 0 Å². The number of rotatable bonds is 10. The lowest BCUT2D eigenvalue weighted by Crippen LogP contribution is -2.26. The van der Waals surface area contributed by atoms with E-state index in [1.807, 2.05) is 71.3 Å². The van der Waals surface area contributed by atoms with Crippen molar-refractivity contribution in [2.45, 2.75) is 32.7 Å². The number of esters is 1. The van der Waals surface area contributed by atoms with E-state index in [0.717, 1.165) is 40.0 Å². The topological polar surface area (TPSA) is 73.2 Å². The van der Waals surface area contributed by atoms with Gasteiger partial charge in [0, 0.05) is 13.0 Å². The van der Waals surface area contributed by atoms with Crippen molar-refractivity contribution in [3.63, 3.8) is 0 Å². The number of carbonyl (C=O) groups is 2. The Bertz CT molecular complexity index is 1250. The Kier molecular flexibility index (Phi) is 7.71. The summed E-state index contributed by atoms with van der Waals surface area (Å²) in [5.74, 6) is 0.533. The van der Waals surface area contributed by atoms with Crippen LogP contribution >= 0.6 is 0 Å². The van der Waals surface area contributed by atoms with Gasteiger partial charge in [0.05, 0.1) is 24.1 Å². The van der Waals surface area contributed by atoms with Gasteiger partial charge in [0.1, 0.15) is 12.4 Å². The molecule has 0 spiro atoms. The maximum atomic E-state index is 12.4. The van der Waals surface area contributed by atoms with Gasteiger partial charge in [0.2, 0.25) is 5.91 Å². The van der Waals surface area contributed by atoms with E-state index in [1.165, 1.54) is 0 Å². The number of fused-ring (bicyclic) bond motifs is 1. The third kappa shape index (κ3) is 5.90. The fourth-order valence-electron chi connectivity index (χ4n) is 4.00. The minimum atomic E-state index is -0.279. The summed E-state index contributed by atoms with van der Waals surface area (Å²) in [5.41, 5.74) is 5.04. The van der Waals surface area contributed by atoms with E-state index < -0.39 is 0 Å². The lowest BCUT2D eigenvalue weighted by Gasteiger charge is -2.09. The molecule has 0 aliphatic carbocycles. The molecule has 1 amide bonds. The number of aryl methyl sites for hydroxylation is 1. The van der Waals surface area contributed by atoms with Crippen molar-refractivity contribution in [1.82, 2.24) is 14.9 Å². The Morgan fingerprint density at radius 3 is 2.38 bits per heavy atom. The molecule has 0 radical (unpaired) electrons. The van der Waals surface area contributed by atoms with Gasteiger partial charge in [-0.15, -0.1) is 0 Å². The fourth-order valence-corrected chi connectivity index (χ4v) is 4.00. The molecule has 6 nitrogen and oxygen atoms in total. The number of carbonyl (C=O) groups excluding carboxylic acids is 2. The van der Waals surface area contributed by atoms with Gasteiger partial charge in [-0.05, 0) is 42.2 Å². The number of para-hydroxylation sites is 2. The summed E-state index contributed by atoms with van der Waals surface area (Å²) in [6.07, 6.45) is 1.72. The zero-order valence-electron chi connectivity index (χ0n) is 19.4. The zero-order valence-corrected chi connectivity index (χ0v) is 19.4. The van der Waals surface area contributed by atoms with Crippen LogP contribution < -0.4 is 5.32 Å². The number of benzene rings is 3. The zero-order chi connectivity index (χ0) is 23.8. The van der Waals surface area contributed by atoms with Crippen molar-refractivity contribution in [3.8, 4) is 11.1 Å². The molecule has 0 aliphatic heterocycles. The fraction of sp³-hybridized carbons (Fsp3) is 0.250. The van der Waals surface area contributed by atoms with Crippen molar-refractivity contribution >= 4 is 22.9 Å². The second-order valence-electron chi connectivity index (χ2n) is 8.10. The van der Waals surface area contributed by atoms with E-state index in [4.69, 9.17) is 4.74 Å². The maximum absolute atomic E-state index is 12.4. The molecular formula is C28H29N3O3. The normalized spacial score (nSPS) is 10.9. The van der Waals surface area contributed by atoms with Gasteiger partial charge >= 0.3 is 5.97 Å². The highest BCUT2D eigenvalue weighted by molar-refractivity contribution is 5.79. The number of amides is 1. The van der Waals surface area contributed by atoms with Crippen LogP contribution in [0.1, 0.15) is 24.7 Å². The molecule has 0 atom stereocenters. The molecule has 4 aromatic rings. The van der Waals surface area contributed by atoms with E-state index in [0.29, 0.717) is 26.0 Å². The summed E-state index contributed by atoms with van der Waals surface area (Å²) in [6, 6.07) is 26.0. The first kappa shape index (κ1) is 23.2. The molecule has 1 N–H and O–H groups in total. The largest absolute Gasteiger partial charge is 0.465 e. The van der Waals surface area contributed by atoms with E-state index in [9.17, 15) is 9.59 Å². The summed E-state index contributed by atoms with van der Waals surface area (Å²) < 4.78 is 7.03. The van der Waals surface area contributed by atoms with Crippen molar-refractivity contribution in [1.29, 1.82) is 0 Å². The van der Waals surface area contributed by atoms with Crippen LogP contribution in [0.25, 0.3) is 22.2 Å². The van der Waals surface area contributed by atoms with Crippen molar-refractivity contribution in [3.05, 3.63) is 90.3 Å². The third-order valence-electron chi connectivity index (χ3n) is 5.65.